The number of hydrogen-bond donors (Lipinski definition) is 0. The van der Waals surface area contributed by atoms with Crippen molar-refractivity contribution < 1.29 is 9.53 Å². The summed E-state index contributed by atoms with van der Waals surface area (Å²) in [6.45, 7) is 3.20. The molecule has 6 nitrogen and oxygen atoms in total. The molecule has 1 fully saturated rings. The van der Waals surface area contributed by atoms with E-state index in [0.717, 1.165) is 29.1 Å². The van der Waals surface area contributed by atoms with Crippen molar-refractivity contribution in [2.24, 2.45) is 0 Å². The van der Waals surface area contributed by atoms with Crippen LogP contribution in [0.3, 0.4) is 0 Å². The van der Waals surface area contributed by atoms with Gasteiger partial charge in [0.2, 0.25) is 5.88 Å². The van der Waals surface area contributed by atoms with Gasteiger partial charge in [-0.25, -0.2) is 4.98 Å². The molecule has 1 aliphatic heterocycles. The SMILES string of the molecule is Cc1ccc(OC2CCN(C(=O)c3csc(-c4ccccc4)n3)CC2)nn1. The zero-order chi connectivity index (χ0) is 18.6. The van der Waals surface area contributed by atoms with Crippen molar-refractivity contribution in [3.8, 4) is 16.5 Å². The lowest BCUT2D eigenvalue weighted by Crippen LogP contribution is -2.42. The fourth-order valence-corrected chi connectivity index (χ4v) is 3.84. The predicted molar refractivity (Wildman–Crippen MR) is 104 cm³/mol. The zero-order valence-electron chi connectivity index (χ0n) is 15.0. The summed E-state index contributed by atoms with van der Waals surface area (Å²) in [6.07, 6.45) is 1.61. The molecule has 0 saturated carbocycles. The van der Waals surface area contributed by atoms with Crippen molar-refractivity contribution in [3.63, 3.8) is 0 Å². The quantitative estimate of drug-likeness (QED) is 0.692. The Labute approximate surface area is 161 Å². The molecule has 1 amide bonds. The first-order valence-corrected chi connectivity index (χ1v) is 9.84. The van der Waals surface area contributed by atoms with Crippen molar-refractivity contribution in [1.82, 2.24) is 20.1 Å². The summed E-state index contributed by atoms with van der Waals surface area (Å²) >= 11 is 1.50. The molecule has 0 atom stereocenters. The van der Waals surface area contributed by atoms with Crippen LogP contribution in [-0.2, 0) is 0 Å². The van der Waals surface area contributed by atoms with Gasteiger partial charge in [0, 0.05) is 42.9 Å². The average Bonchev–Trinajstić information content (AvgIpc) is 3.21. The first-order valence-electron chi connectivity index (χ1n) is 8.96. The number of amides is 1. The highest BCUT2D eigenvalue weighted by Crippen LogP contribution is 2.25. The first kappa shape index (κ1) is 17.6. The highest BCUT2D eigenvalue weighted by molar-refractivity contribution is 7.13. The Kier molecular flexibility index (Phi) is 5.11. The molecule has 1 aromatic carbocycles. The van der Waals surface area contributed by atoms with Crippen molar-refractivity contribution in [2.45, 2.75) is 25.9 Å². The summed E-state index contributed by atoms with van der Waals surface area (Å²) in [7, 11) is 0. The summed E-state index contributed by atoms with van der Waals surface area (Å²) < 4.78 is 5.88. The minimum absolute atomic E-state index is 0.0120. The number of aromatic nitrogens is 3. The van der Waals surface area contributed by atoms with Gasteiger partial charge in [-0.15, -0.1) is 16.4 Å². The number of aryl methyl sites for hydroxylation is 1. The number of thiazole rings is 1. The number of ether oxygens (including phenoxy) is 1. The number of rotatable bonds is 4. The van der Waals surface area contributed by atoms with E-state index in [1.807, 2.05) is 59.7 Å². The van der Waals surface area contributed by atoms with Gasteiger partial charge < -0.3 is 9.64 Å². The van der Waals surface area contributed by atoms with E-state index in [-0.39, 0.29) is 12.0 Å². The van der Waals surface area contributed by atoms with E-state index in [1.54, 1.807) is 0 Å². The van der Waals surface area contributed by atoms with Gasteiger partial charge in [0.15, 0.2) is 0 Å². The lowest BCUT2D eigenvalue weighted by Gasteiger charge is -2.31. The van der Waals surface area contributed by atoms with Crippen LogP contribution in [0.2, 0.25) is 0 Å². The molecule has 0 N–H and O–H groups in total. The number of nitrogens with zero attached hydrogens (tertiary/aromatic N) is 4. The Morgan fingerprint density at radius 1 is 1.11 bits per heavy atom. The van der Waals surface area contributed by atoms with Crippen molar-refractivity contribution in [3.05, 3.63) is 59.2 Å². The molecule has 0 radical (unpaired) electrons. The third-order valence-electron chi connectivity index (χ3n) is 4.53. The van der Waals surface area contributed by atoms with Crippen LogP contribution in [0.15, 0.2) is 47.8 Å². The fraction of sp³-hybridized carbons (Fsp3) is 0.300. The molecule has 0 aliphatic carbocycles. The number of piperidine rings is 1. The minimum atomic E-state index is -0.0120. The maximum absolute atomic E-state index is 12.8. The molecule has 0 bridgehead atoms. The van der Waals surface area contributed by atoms with Crippen LogP contribution in [0, 0.1) is 6.92 Å². The fourth-order valence-electron chi connectivity index (χ4n) is 3.04. The van der Waals surface area contributed by atoms with Gasteiger partial charge in [-0.3, -0.25) is 4.79 Å². The molecule has 2 aromatic heterocycles. The van der Waals surface area contributed by atoms with E-state index in [1.165, 1.54) is 11.3 Å². The summed E-state index contributed by atoms with van der Waals surface area (Å²) in [6, 6.07) is 13.6. The molecule has 27 heavy (non-hydrogen) atoms. The van der Waals surface area contributed by atoms with Gasteiger partial charge in [-0.1, -0.05) is 30.3 Å². The normalized spacial score (nSPS) is 14.9. The largest absolute Gasteiger partial charge is 0.473 e. The van der Waals surface area contributed by atoms with E-state index in [9.17, 15) is 4.79 Å². The van der Waals surface area contributed by atoms with Gasteiger partial charge in [-0.2, -0.15) is 5.10 Å². The van der Waals surface area contributed by atoms with Gasteiger partial charge >= 0.3 is 0 Å². The molecule has 1 aliphatic rings. The molecule has 4 rings (SSSR count). The summed E-state index contributed by atoms with van der Waals surface area (Å²) in [5, 5.41) is 10.8. The molecule has 3 heterocycles. The van der Waals surface area contributed by atoms with Crippen LogP contribution in [0.1, 0.15) is 29.0 Å². The van der Waals surface area contributed by atoms with Crippen LogP contribution in [0.4, 0.5) is 0 Å². The number of hydrogen-bond acceptors (Lipinski definition) is 6. The van der Waals surface area contributed by atoms with Gasteiger partial charge in [0.25, 0.3) is 5.91 Å². The Hall–Kier alpha value is -2.80. The molecule has 0 unspecified atom stereocenters. The van der Waals surface area contributed by atoms with E-state index in [2.05, 4.69) is 15.2 Å². The van der Waals surface area contributed by atoms with E-state index >= 15 is 0 Å². The molecular formula is C20H20N4O2S. The second-order valence-corrected chi connectivity index (χ2v) is 7.38. The maximum atomic E-state index is 12.8. The Bertz CT molecular complexity index is 903. The molecule has 138 valence electrons. The molecule has 0 spiro atoms. The summed E-state index contributed by atoms with van der Waals surface area (Å²) in [5.74, 6) is 0.527. The van der Waals surface area contributed by atoms with Crippen molar-refractivity contribution >= 4 is 17.2 Å². The maximum Gasteiger partial charge on any atom is 0.273 e. The number of likely N-dealkylation sites (tertiary alicyclic amines) is 1. The summed E-state index contributed by atoms with van der Waals surface area (Å²) in [5.41, 5.74) is 2.41. The lowest BCUT2D eigenvalue weighted by molar-refractivity contribution is 0.0581. The third kappa shape index (κ3) is 4.14. The van der Waals surface area contributed by atoms with E-state index in [0.29, 0.717) is 24.7 Å². The molecular weight excluding hydrogens is 360 g/mol. The number of carbonyl (C=O) groups is 1. The average molecular weight is 380 g/mol. The highest BCUT2D eigenvalue weighted by atomic mass is 32.1. The monoisotopic (exact) mass is 380 g/mol. The van der Waals surface area contributed by atoms with Gasteiger partial charge in [-0.05, 0) is 13.0 Å². The van der Waals surface area contributed by atoms with Gasteiger partial charge in [0.1, 0.15) is 16.8 Å². The van der Waals surface area contributed by atoms with E-state index < -0.39 is 0 Å². The summed E-state index contributed by atoms with van der Waals surface area (Å²) in [4.78, 5) is 19.1. The van der Waals surface area contributed by atoms with E-state index in [4.69, 9.17) is 4.74 Å². The molecule has 7 heteroatoms. The minimum Gasteiger partial charge on any atom is -0.473 e. The lowest BCUT2D eigenvalue weighted by atomic mass is 10.1. The Morgan fingerprint density at radius 2 is 1.89 bits per heavy atom. The standard InChI is InChI=1S/C20H20N4O2S/c1-14-7-8-18(23-22-14)26-16-9-11-24(12-10-16)20(25)17-13-27-19(21-17)15-5-3-2-4-6-15/h2-8,13,16H,9-12H2,1H3. The van der Waals surface area contributed by atoms with Crippen LogP contribution in [0.25, 0.3) is 10.6 Å². The smallest absolute Gasteiger partial charge is 0.273 e. The van der Waals surface area contributed by atoms with Crippen molar-refractivity contribution in [2.75, 3.05) is 13.1 Å². The first-order chi connectivity index (χ1) is 13.2. The number of carbonyl (C=O) groups excluding carboxylic acids is 1. The van der Waals surface area contributed by atoms with Crippen LogP contribution < -0.4 is 4.74 Å². The van der Waals surface area contributed by atoms with Crippen molar-refractivity contribution in [1.29, 1.82) is 0 Å². The Morgan fingerprint density at radius 3 is 2.59 bits per heavy atom. The third-order valence-corrected chi connectivity index (χ3v) is 5.43. The van der Waals surface area contributed by atoms with Gasteiger partial charge in [0.05, 0.1) is 5.69 Å². The molecule has 3 aromatic rings. The second kappa shape index (κ2) is 7.84. The highest BCUT2D eigenvalue weighted by Gasteiger charge is 2.26. The zero-order valence-corrected chi connectivity index (χ0v) is 15.9. The second-order valence-electron chi connectivity index (χ2n) is 6.53. The van der Waals surface area contributed by atoms with Crippen LogP contribution in [-0.4, -0.2) is 45.2 Å². The molecule has 1 saturated heterocycles. The van der Waals surface area contributed by atoms with Crippen LogP contribution >= 0.6 is 11.3 Å². The topological polar surface area (TPSA) is 68.2 Å². The Balaban J connectivity index is 1.35. The van der Waals surface area contributed by atoms with Crippen LogP contribution in [0.5, 0.6) is 5.88 Å². The number of benzene rings is 1. The predicted octanol–water partition coefficient (Wildman–Crippen LogP) is 3.59.